The summed E-state index contributed by atoms with van der Waals surface area (Å²) in [6.45, 7) is 11.5. The molecule has 3 aliphatic rings. The molecule has 0 bridgehead atoms. The molecule has 4 heterocycles. The molecule has 0 aliphatic carbocycles. The van der Waals surface area contributed by atoms with Crippen LogP contribution in [0.2, 0.25) is 0 Å². The number of aliphatic imine (C=N–C) groups is 1. The number of nitrogens with one attached hydrogen (secondary N) is 1. The van der Waals surface area contributed by atoms with E-state index in [1.54, 1.807) is 0 Å². The minimum Gasteiger partial charge on any atom is -0.465 e. The van der Waals surface area contributed by atoms with Gasteiger partial charge in [-0.2, -0.15) is 0 Å². The van der Waals surface area contributed by atoms with E-state index in [1.165, 1.54) is 12.8 Å². The molecule has 1 N–H and O–H groups in total. The van der Waals surface area contributed by atoms with E-state index in [9.17, 15) is 4.79 Å². The van der Waals surface area contributed by atoms with Crippen LogP contribution in [0.5, 0.6) is 0 Å². The normalized spacial score (nSPS) is 24.1. The van der Waals surface area contributed by atoms with Crippen LogP contribution in [-0.2, 0) is 9.53 Å². The van der Waals surface area contributed by atoms with Gasteiger partial charge < -0.3 is 24.3 Å². The molecule has 0 spiro atoms. The van der Waals surface area contributed by atoms with Gasteiger partial charge in [0.05, 0.1) is 12.6 Å². The predicted molar refractivity (Wildman–Crippen MR) is 120 cm³/mol. The first-order chi connectivity index (χ1) is 15.2. The molecule has 3 aliphatic heterocycles. The van der Waals surface area contributed by atoms with Crippen molar-refractivity contribution in [2.45, 2.75) is 51.7 Å². The van der Waals surface area contributed by atoms with Gasteiger partial charge in [-0.3, -0.25) is 14.7 Å². The van der Waals surface area contributed by atoms with Gasteiger partial charge in [0.2, 0.25) is 0 Å². The lowest BCUT2D eigenvalue weighted by atomic mass is 10.2. The minimum absolute atomic E-state index is 0.154. The van der Waals surface area contributed by atoms with Gasteiger partial charge in [-0.15, -0.1) is 0 Å². The van der Waals surface area contributed by atoms with Gasteiger partial charge in [0, 0.05) is 39.3 Å². The SMILES string of the molecule is CCNC(=NCC(c1ccc(C)o1)N1CCCC1)N1CCN(C(=O)C2CCCO2)CC1. The van der Waals surface area contributed by atoms with Gasteiger partial charge in [-0.1, -0.05) is 0 Å². The van der Waals surface area contributed by atoms with Gasteiger partial charge in [0.15, 0.2) is 5.96 Å². The number of carbonyl (C=O) groups is 1. The number of aryl methyl sites for hydroxylation is 1. The Morgan fingerprint density at radius 3 is 2.48 bits per heavy atom. The number of hydrogen-bond donors (Lipinski definition) is 1. The highest BCUT2D eigenvalue weighted by Gasteiger charge is 2.31. The molecule has 1 amide bonds. The van der Waals surface area contributed by atoms with Crippen LogP contribution in [0.4, 0.5) is 0 Å². The summed E-state index contributed by atoms with van der Waals surface area (Å²) in [7, 11) is 0. The quantitative estimate of drug-likeness (QED) is 0.549. The predicted octanol–water partition coefficient (Wildman–Crippen LogP) is 2.01. The molecule has 1 aromatic heterocycles. The number of guanidine groups is 1. The molecule has 3 fully saturated rings. The smallest absolute Gasteiger partial charge is 0.251 e. The number of furan rings is 1. The highest BCUT2D eigenvalue weighted by atomic mass is 16.5. The lowest BCUT2D eigenvalue weighted by Crippen LogP contribution is -2.55. The maximum Gasteiger partial charge on any atom is 0.251 e. The van der Waals surface area contributed by atoms with Gasteiger partial charge in [0.25, 0.3) is 5.91 Å². The fourth-order valence-electron chi connectivity index (χ4n) is 4.78. The Morgan fingerprint density at radius 2 is 1.87 bits per heavy atom. The summed E-state index contributed by atoms with van der Waals surface area (Å²) in [6, 6.07) is 4.31. The van der Waals surface area contributed by atoms with Crippen molar-refractivity contribution in [2.75, 3.05) is 59.0 Å². The van der Waals surface area contributed by atoms with Crippen LogP contribution in [-0.4, -0.2) is 91.6 Å². The summed E-state index contributed by atoms with van der Waals surface area (Å²) in [5.41, 5.74) is 0. The van der Waals surface area contributed by atoms with Crippen LogP contribution in [0.15, 0.2) is 21.5 Å². The van der Waals surface area contributed by atoms with E-state index in [-0.39, 0.29) is 18.1 Å². The summed E-state index contributed by atoms with van der Waals surface area (Å²) in [5, 5.41) is 3.45. The van der Waals surface area contributed by atoms with Crippen LogP contribution < -0.4 is 5.32 Å². The zero-order valence-electron chi connectivity index (χ0n) is 19.0. The van der Waals surface area contributed by atoms with Gasteiger partial charge >= 0.3 is 0 Å². The molecule has 8 nitrogen and oxygen atoms in total. The number of amides is 1. The van der Waals surface area contributed by atoms with Crippen LogP contribution in [0.1, 0.15) is 50.2 Å². The molecule has 0 saturated carbocycles. The van der Waals surface area contributed by atoms with E-state index in [1.807, 2.05) is 17.9 Å². The molecular formula is C23H37N5O3. The average Bonchev–Trinajstić information content (AvgIpc) is 3.56. The maximum atomic E-state index is 12.6. The molecule has 0 aromatic carbocycles. The van der Waals surface area contributed by atoms with Crippen molar-refractivity contribution >= 4 is 11.9 Å². The number of ether oxygens (including phenoxy) is 1. The summed E-state index contributed by atoms with van der Waals surface area (Å²) in [4.78, 5) is 24.4. The fourth-order valence-corrected chi connectivity index (χ4v) is 4.78. The summed E-state index contributed by atoms with van der Waals surface area (Å²) < 4.78 is 11.6. The Labute approximate surface area is 185 Å². The first-order valence-corrected chi connectivity index (χ1v) is 11.9. The second kappa shape index (κ2) is 10.5. The molecule has 172 valence electrons. The first-order valence-electron chi connectivity index (χ1n) is 11.9. The molecule has 31 heavy (non-hydrogen) atoms. The van der Waals surface area contributed by atoms with E-state index >= 15 is 0 Å². The average molecular weight is 432 g/mol. The number of likely N-dealkylation sites (tertiary alicyclic amines) is 1. The second-order valence-electron chi connectivity index (χ2n) is 8.72. The van der Waals surface area contributed by atoms with Gasteiger partial charge in [0.1, 0.15) is 17.6 Å². The number of carbonyl (C=O) groups excluding carboxylic acids is 1. The molecule has 2 unspecified atom stereocenters. The Balaban J connectivity index is 1.39. The highest BCUT2D eigenvalue weighted by molar-refractivity contribution is 5.82. The van der Waals surface area contributed by atoms with Crippen molar-refractivity contribution < 1.29 is 13.9 Å². The zero-order valence-corrected chi connectivity index (χ0v) is 19.0. The van der Waals surface area contributed by atoms with Crippen molar-refractivity contribution in [3.63, 3.8) is 0 Å². The van der Waals surface area contributed by atoms with Gasteiger partial charge in [-0.05, 0) is 64.8 Å². The van der Waals surface area contributed by atoms with Crippen LogP contribution >= 0.6 is 0 Å². The summed E-state index contributed by atoms with van der Waals surface area (Å²) in [5.74, 6) is 3.04. The first kappa shape index (κ1) is 22.1. The molecule has 0 radical (unpaired) electrons. The fraction of sp³-hybridized carbons (Fsp3) is 0.739. The van der Waals surface area contributed by atoms with Crippen molar-refractivity contribution in [3.8, 4) is 0 Å². The van der Waals surface area contributed by atoms with Crippen molar-refractivity contribution in [1.82, 2.24) is 20.0 Å². The van der Waals surface area contributed by atoms with E-state index < -0.39 is 0 Å². The third-order valence-corrected chi connectivity index (χ3v) is 6.52. The van der Waals surface area contributed by atoms with Crippen molar-refractivity contribution in [3.05, 3.63) is 23.7 Å². The van der Waals surface area contributed by atoms with Crippen LogP contribution in [0.3, 0.4) is 0 Å². The van der Waals surface area contributed by atoms with Crippen LogP contribution in [0, 0.1) is 6.92 Å². The van der Waals surface area contributed by atoms with Crippen LogP contribution in [0.25, 0.3) is 0 Å². The third kappa shape index (κ3) is 5.41. The molecule has 2 atom stereocenters. The van der Waals surface area contributed by atoms with Crippen molar-refractivity contribution in [1.29, 1.82) is 0 Å². The number of hydrogen-bond acceptors (Lipinski definition) is 5. The number of piperazine rings is 1. The Hall–Kier alpha value is -2.06. The molecule has 8 heteroatoms. The third-order valence-electron chi connectivity index (χ3n) is 6.52. The Bertz CT molecular complexity index is 744. The molecular weight excluding hydrogens is 394 g/mol. The minimum atomic E-state index is -0.230. The molecule has 4 rings (SSSR count). The lowest BCUT2D eigenvalue weighted by Gasteiger charge is -2.37. The van der Waals surface area contributed by atoms with E-state index in [0.717, 1.165) is 76.1 Å². The number of rotatable bonds is 6. The van der Waals surface area contributed by atoms with Gasteiger partial charge in [-0.25, -0.2) is 0 Å². The lowest BCUT2D eigenvalue weighted by molar-refractivity contribution is -0.142. The van der Waals surface area contributed by atoms with E-state index in [4.69, 9.17) is 14.1 Å². The topological polar surface area (TPSA) is 73.6 Å². The van der Waals surface area contributed by atoms with E-state index in [0.29, 0.717) is 13.2 Å². The summed E-state index contributed by atoms with van der Waals surface area (Å²) in [6.07, 6.45) is 4.08. The second-order valence-corrected chi connectivity index (χ2v) is 8.72. The molecule has 3 saturated heterocycles. The highest BCUT2D eigenvalue weighted by Crippen LogP contribution is 2.27. The molecule has 1 aromatic rings. The Kier molecular flexibility index (Phi) is 7.50. The maximum absolute atomic E-state index is 12.6. The zero-order chi connectivity index (χ0) is 21.6. The summed E-state index contributed by atoms with van der Waals surface area (Å²) >= 11 is 0. The monoisotopic (exact) mass is 431 g/mol. The Morgan fingerprint density at radius 1 is 1.13 bits per heavy atom. The van der Waals surface area contributed by atoms with Crippen molar-refractivity contribution in [2.24, 2.45) is 4.99 Å². The largest absolute Gasteiger partial charge is 0.465 e. The van der Waals surface area contributed by atoms with E-state index in [2.05, 4.69) is 28.1 Å². The number of nitrogens with zero attached hydrogens (tertiary/aromatic N) is 4. The standard InChI is InChI=1S/C23H37N5O3/c1-3-24-23(28-14-12-27(13-15-28)22(29)21-7-6-16-30-21)25-17-19(26-10-4-5-11-26)20-9-8-18(2)31-20/h8-9,19,21H,3-7,10-17H2,1-2H3,(H,24,25).